The van der Waals surface area contributed by atoms with Gasteiger partial charge in [0.15, 0.2) is 0 Å². The van der Waals surface area contributed by atoms with Crippen molar-refractivity contribution < 1.29 is 0 Å². The number of fused-ring (bicyclic) bond motifs is 11. The zero-order valence-electron chi connectivity index (χ0n) is 24.9. The summed E-state index contributed by atoms with van der Waals surface area (Å²) < 4.78 is 3.65. The number of nitrogens with zero attached hydrogens (tertiary/aromatic N) is 3. The lowest BCUT2D eigenvalue weighted by molar-refractivity contribution is 0.675. The first-order valence-corrected chi connectivity index (χ1v) is 16.2. The minimum absolute atomic E-state index is 0.112. The molecule has 212 valence electrons. The minimum Gasteiger partial charge on any atom is -0.278 e. The molecule has 0 amide bonds. The maximum atomic E-state index is 5.39. The molecule has 0 unspecified atom stereocenters. The number of rotatable bonds is 2. The lowest BCUT2D eigenvalue weighted by Gasteiger charge is -2.20. The second-order valence-corrected chi connectivity index (χ2v) is 13.7. The van der Waals surface area contributed by atoms with Crippen molar-refractivity contribution in [3.05, 3.63) is 138 Å². The monoisotopic (exact) mass is 593 g/mol. The molecule has 0 atom stereocenters. The van der Waals surface area contributed by atoms with Crippen LogP contribution in [0, 0.1) is 0 Å². The fourth-order valence-corrected chi connectivity index (χ4v) is 8.93. The Morgan fingerprint density at radius 1 is 0.600 bits per heavy atom. The van der Waals surface area contributed by atoms with Crippen LogP contribution in [0.4, 0.5) is 0 Å². The third-order valence-corrected chi connectivity index (χ3v) is 11.2. The Balaban J connectivity index is 1.34. The van der Waals surface area contributed by atoms with Gasteiger partial charge in [0.1, 0.15) is 0 Å². The Hall–Kier alpha value is -5.32. The number of thiophene rings is 1. The lowest BCUT2D eigenvalue weighted by Crippen LogP contribution is -2.13. The average Bonchev–Trinajstić information content (AvgIpc) is 3.70. The molecule has 3 nitrogen and oxygen atoms in total. The van der Waals surface area contributed by atoms with Crippen LogP contribution in [0.25, 0.3) is 81.9 Å². The van der Waals surface area contributed by atoms with Gasteiger partial charge in [-0.2, -0.15) is 0 Å². The van der Waals surface area contributed by atoms with Crippen molar-refractivity contribution in [3.63, 3.8) is 0 Å². The molecule has 0 bridgehead atoms. The summed E-state index contributed by atoms with van der Waals surface area (Å²) in [7, 11) is 0. The molecule has 0 saturated carbocycles. The van der Waals surface area contributed by atoms with Crippen molar-refractivity contribution in [2.24, 2.45) is 0 Å². The Morgan fingerprint density at radius 2 is 1.33 bits per heavy atom. The minimum atomic E-state index is -0.112. The van der Waals surface area contributed by atoms with Gasteiger partial charge in [0.25, 0.3) is 0 Å². The number of hydrogen-bond donors (Lipinski definition) is 0. The Bertz CT molecular complexity index is 2680. The lowest BCUT2D eigenvalue weighted by atomic mass is 9.86. The van der Waals surface area contributed by atoms with Gasteiger partial charge >= 0.3 is 0 Å². The van der Waals surface area contributed by atoms with E-state index in [0.717, 1.165) is 38.6 Å². The highest BCUT2D eigenvalue weighted by molar-refractivity contribution is 7.20. The van der Waals surface area contributed by atoms with Gasteiger partial charge in [0, 0.05) is 53.1 Å². The van der Waals surface area contributed by atoms with Gasteiger partial charge in [-0.3, -0.25) is 4.57 Å². The van der Waals surface area contributed by atoms with E-state index in [9.17, 15) is 0 Å². The van der Waals surface area contributed by atoms with E-state index in [1.807, 2.05) is 11.3 Å². The highest BCUT2D eigenvalue weighted by atomic mass is 32.1. The molecule has 3 heterocycles. The van der Waals surface area contributed by atoms with Crippen LogP contribution < -0.4 is 0 Å². The summed E-state index contributed by atoms with van der Waals surface area (Å²) in [5, 5.41) is 7.16. The summed E-state index contributed by atoms with van der Waals surface area (Å²) >= 11 is 1.93. The highest BCUT2D eigenvalue weighted by Gasteiger charge is 2.39. The molecule has 45 heavy (non-hydrogen) atoms. The molecule has 10 rings (SSSR count). The molecule has 1 aliphatic rings. The number of aromatic nitrogens is 3. The summed E-state index contributed by atoms with van der Waals surface area (Å²) in [5.74, 6) is 0.694. The fraction of sp³-hybridized carbons (Fsp3) is 0.0732. The molecule has 0 spiro atoms. The number of para-hydroxylation sites is 1. The van der Waals surface area contributed by atoms with Crippen molar-refractivity contribution in [1.82, 2.24) is 14.5 Å². The van der Waals surface area contributed by atoms with Crippen LogP contribution in [-0.2, 0) is 5.41 Å². The van der Waals surface area contributed by atoms with Crippen LogP contribution in [0.5, 0.6) is 0 Å². The van der Waals surface area contributed by atoms with E-state index in [-0.39, 0.29) is 5.41 Å². The summed E-state index contributed by atoms with van der Waals surface area (Å²) in [4.78, 5) is 12.2. The van der Waals surface area contributed by atoms with E-state index in [1.165, 1.54) is 47.8 Å². The quantitative estimate of drug-likeness (QED) is 0.187. The van der Waals surface area contributed by atoms with E-state index in [1.54, 1.807) is 0 Å². The van der Waals surface area contributed by atoms with Gasteiger partial charge in [-0.05, 0) is 46.8 Å². The Labute approximate surface area is 264 Å². The van der Waals surface area contributed by atoms with Crippen LogP contribution in [0.1, 0.15) is 24.3 Å². The molecule has 0 aliphatic heterocycles. The first kappa shape index (κ1) is 25.1. The zero-order chi connectivity index (χ0) is 29.9. The molecule has 4 heteroatoms. The maximum absolute atomic E-state index is 5.39. The molecular formula is C41H27N3S. The molecule has 1 aliphatic carbocycles. The van der Waals surface area contributed by atoms with Crippen LogP contribution >= 0.6 is 11.3 Å². The fourth-order valence-electron chi connectivity index (χ4n) is 7.60. The van der Waals surface area contributed by atoms with Crippen molar-refractivity contribution in [3.8, 4) is 28.3 Å². The first-order valence-electron chi connectivity index (χ1n) is 15.4. The SMILES string of the molecule is CC1(C)c2cc3c(cc2-c2c1sc1ccccc21)c1ccccc1n3-c1nc(-c2ccccc2)c2ccc3ccccc3c2n1. The molecule has 0 saturated heterocycles. The summed E-state index contributed by atoms with van der Waals surface area (Å²) in [6.07, 6.45) is 0. The van der Waals surface area contributed by atoms with Gasteiger partial charge in [-0.15, -0.1) is 11.3 Å². The molecule has 0 N–H and O–H groups in total. The van der Waals surface area contributed by atoms with E-state index in [2.05, 4.69) is 146 Å². The molecular weight excluding hydrogens is 567 g/mol. The zero-order valence-corrected chi connectivity index (χ0v) is 25.7. The summed E-state index contributed by atoms with van der Waals surface area (Å²) in [6, 6.07) is 45.8. The third-order valence-electron chi connectivity index (χ3n) is 9.74. The molecule has 6 aromatic carbocycles. The van der Waals surface area contributed by atoms with Gasteiger partial charge < -0.3 is 0 Å². The molecule has 9 aromatic rings. The van der Waals surface area contributed by atoms with Crippen LogP contribution in [0.15, 0.2) is 127 Å². The van der Waals surface area contributed by atoms with Gasteiger partial charge in [0.05, 0.1) is 22.2 Å². The van der Waals surface area contributed by atoms with Crippen molar-refractivity contribution in [1.29, 1.82) is 0 Å². The average molecular weight is 594 g/mol. The molecule has 0 radical (unpaired) electrons. The van der Waals surface area contributed by atoms with Crippen LogP contribution in [0.2, 0.25) is 0 Å². The van der Waals surface area contributed by atoms with Crippen LogP contribution in [0.3, 0.4) is 0 Å². The van der Waals surface area contributed by atoms with E-state index in [0.29, 0.717) is 5.95 Å². The topological polar surface area (TPSA) is 30.7 Å². The standard InChI is InChI=1S/C41H27N3S/c1-41(2)32-23-34-30(22-31(32)36-28-17-9-11-19-35(28)45-39(36)41)27-16-8-10-18-33(27)44(34)40-42-37(25-13-4-3-5-14-25)29-21-20-24-12-6-7-15-26(24)38(29)43-40/h3-23H,1-2H3. The normalized spacial score (nSPS) is 13.7. The first-order chi connectivity index (χ1) is 22.1. The Kier molecular flexibility index (Phi) is 4.94. The number of hydrogen-bond acceptors (Lipinski definition) is 3. The third kappa shape index (κ3) is 3.35. The van der Waals surface area contributed by atoms with E-state index >= 15 is 0 Å². The molecule has 0 fully saturated rings. The second kappa shape index (κ2) is 8.87. The van der Waals surface area contributed by atoms with Crippen molar-refractivity contribution >= 4 is 64.9 Å². The van der Waals surface area contributed by atoms with Gasteiger partial charge in [-0.1, -0.05) is 111 Å². The van der Waals surface area contributed by atoms with Gasteiger partial charge in [-0.25, -0.2) is 9.97 Å². The van der Waals surface area contributed by atoms with E-state index in [4.69, 9.17) is 9.97 Å². The number of benzene rings is 6. The predicted octanol–water partition coefficient (Wildman–Crippen LogP) is 11.1. The molecule has 3 aromatic heterocycles. The van der Waals surface area contributed by atoms with Crippen molar-refractivity contribution in [2.75, 3.05) is 0 Å². The maximum Gasteiger partial charge on any atom is 0.235 e. The Morgan fingerprint density at radius 3 is 2.20 bits per heavy atom. The second-order valence-electron chi connectivity index (χ2n) is 12.6. The van der Waals surface area contributed by atoms with E-state index < -0.39 is 0 Å². The summed E-state index contributed by atoms with van der Waals surface area (Å²) in [5.41, 5.74) is 9.25. The summed E-state index contributed by atoms with van der Waals surface area (Å²) in [6.45, 7) is 4.75. The predicted molar refractivity (Wildman–Crippen MR) is 190 cm³/mol. The van der Waals surface area contributed by atoms with Crippen molar-refractivity contribution in [2.45, 2.75) is 19.3 Å². The van der Waals surface area contributed by atoms with Gasteiger partial charge in [0.2, 0.25) is 5.95 Å². The highest BCUT2D eigenvalue weighted by Crippen LogP contribution is 2.56. The largest absolute Gasteiger partial charge is 0.278 e. The smallest absolute Gasteiger partial charge is 0.235 e. The van der Waals surface area contributed by atoms with Crippen LogP contribution in [-0.4, -0.2) is 14.5 Å².